The maximum atomic E-state index is 13.2. The third kappa shape index (κ3) is 6.00. The fraction of sp³-hybridized carbons (Fsp3) is 0.367. The van der Waals surface area contributed by atoms with Crippen molar-refractivity contribution < 1.29 is 36.8 Å². The van der Waals surface area contributed by atoms with Crippen LogP contribution in [0.2, 0.25) is 0 Å². The molecule has 1 saturated carbocycles. The molecule has 1 aliphatic carbocycles. The van der Waals surface area contributed by atoms with Gasteiger partial charge in [-0.25, -0.2) is 4.83 Å². The molecule has 41 heavy (non-hydrogen) atoms. The number of ether oxygens (including phenoxy) is 6. The van der Waals surface area contributed by atoms with Crippen molar-refractivity contribution in [2.45, 2.75) is 36.5 Å². The third-order valence-corrected chi connectivity index (χ3v) is 8.49. The van der Waals surface area contributed by atoms with Crippen molar-refractivity contribution in [2.75, 3.05) is 42.7 Å². The van der Waals surface area contributed by atoms with Crippen molar-refractivity contribution in [3.05, 3.63) is 65.2 Å². The summed E-state index contributed by atoms with van der Waals surface area (Å²) in [5.41, 5.74) is 3.28. The summed E-state index contributed by atoms with van der Waals surface area (Å²) in [6.45, 7) is 1.90. The van der Waals surface area contributed by atoms with Crippen molar-refractivity contribution in [1.29, 1.82) is 0 Å². The molecule has 220 valence electrons. The number of methoxy groups -OCH3 is 6. The molecule has 0 aromatic heterocycles. The van der Waals surface area contributed by atoms with Gasteiger partial charge in [0.05, 0.1) is 53.3 Å². The second kappa shape index (κ2) is 12.6. The summed E-state index contributed by atoms with van der Waals surface area (Å²) >= 11 is 0. The molecule has 10 nitrogen and oxygen atoms in total. The van der Waals surface area contributed by atoms with Crippen LogP contribution in [0.3, 0.4) is 0 Å². The van der Waals surface area contributed by atoms with E-state index in [1.54, 1.807) is 66.9 Å². The molecule has 0 heterocycles. The van der Waals surface area contributed by atoms with E-state index in [2.05, 4.69) is 9.93 Å². The molecule has 2 atom stereocenters. The summed E-state index contributed by atoms with van der Waals surface area (Å²) in [6.07, 6.45) is 1.37. The second-order valence-electron chi connectivity index (χ2n) is 9.54. The number of hydrazone groups is 1. The van der Waals surface area contributed by atoms with E-state index < -0.39 is 10.0 Å². The summed E-state index contributed by atoms with van der Waals surface area (Å²) < 4.78 is 59.8. The maximum Gasteiger partial charge on any atom is 0.276 e. The van der Waals surface area contributed by atoms with Crippen molar-refractivity contribution >= 4 is 15.7 Å². The van der Waals surface area contributed by atoms with E-state index in [9.17, 15) is 8.42 Å². The lowest BCUT2D eigenvalue weighted by Gasteiger charge is -2.21. The first kappa shape index (κ1) is 29.9. The monoisotopic (exact) mass is 584 g/mol. The molecule has 0 radical (unpaired) electrons. The molecule has 1 aliphatic rings. The van der Waals surface area contributed by atoms with Crippen LogP contribution in [0.25, 0.3) is 0 Å². The van der Waals surface area contributed by atoms with E-state index in [4.69, 9.17) is 28.4 Å². The van der Waals surface area contributed by atoms with E-state index in [-0.39, 0.29) is 16.7 Å². The van der Waals surface area contributed by atoms with Crippen molar-refractivity contribution in [1.82, 2.24) is 4.83 Å². The highest BCUT2D eigenvalue weighted by atomic mass is 32.2. The molecule has 11 heteroatoms. The van der Waals surface area contributed by atoms with Crippen LogP contribution in [0, 0.1) is 6.92 Å². The maximum absolute atomic E-state index is 13.2. The molecular formula is C30H36N2O8S. The molecular weight excluding hydrogens is 548 g/mol. The van der Waals surface area contributed by atoms with Crippen LogP contribution >= 0.6 is 0 Å². The molecule has 3 aromatic carbocycles. The predicted octanol–water partition coefficient (Wildman–Crippen LogP) is 5.04. The van der Waals surface area contributed by atoms with Gasteiger partial charge in [-0.1, -0.05) is 17.7 Å². The van der Waals surface area contributed by atoms with Crippen LogP contribution in [0.5, 0.6) is 34.5 Å². The predicted molar refractivity (Wildman–Crippen MR) is 156 cm³/mol. The Kier molecular flexibility index (Phi) is 9.17. The minimum absolute atomic E-state index is 0.124. The molecule has 0 spiro atoms. The molecule has 3 aromatic rings. The fourth-order valence-corrected chi connectivity index (χ4v) is 6.02. The van der Waals surface area contributed by atoms with Gasteiger partial charge in [0.15, 0.2) is 23.0 Å². The Bertz CT molecular complexity index is 1400. The van der Waals surface area contributed by atoms with E-state index in [1.807, 2.05) is 31.2 Å². The highest BCUT2D eigenvalue weighted by Crippen LogP contribution is 2.48. The molecule has 2 unspecified atom stereocenters. The van der Waals surface area contributed by atoms with Crippen LogP contribution < -0.4 is 33.3 Å². The second-order valence-corrected chi connectivity index (χ2v) is 11.2. The van der Waals surface area contributed by atoms with Gasteiger partial charge in [-0.2, -0.15) is 13.5 Å². The molecule has 0 bridgehead atoms. The van der Waals surface area contributed by atoms with Crippen LogP contribution in [0.15, 0.2) is 58.5 Å². The van der Waals surface area contributed by atoms with Gasteiger partial charge >= 0.3 is 0 Å². The van der Waals surface area contributed by atoms with E-state index in [1.165, 1.54) is 0 Å². The van der Waals surface area contributed by atoms with Crippen molar-refractivity contribution in [2.24, 2.45) is 5.10 Å². The van der Waals surface area contributed by atoms with E-state index >= 15 is 0 Å². The Hall–Kier alpha value is -4.12. The van der Waals surface area contributed by atoms with Gasteiger partial charge in [-0.15, -0.1) is 0 Å². The standard InChI is InChI=1S/C30H36N2O8S/c1-18-8-10-21(11-9-18)41(33,34)32-31-28-22(19-14-24(35-2)29(39-6)25(15-19)36-3)12-13-23(28)20-16-26(37-4)30(40-7)27(17-20)38-5/h8-11,14-17,22-23,32H,12-13H2,1-7H3. The average molecular weight is 585 g/mol. The van der Waals surface area contributed by atoms with Gasteiger partial charge in [-0.3, -0.25) is 0 Å². The highest BCUT2D eigenvalue weighted by molar-refractivity contribution is 7.89. The zero-order valence-electron chi connectivity index (χ0n) is 24.3. The zero-order chi connectivity index (χ0) is 29.7. The van der Waals surface area contributed by atoms with Crippen LogP contribution in [0.4, 0.5) is 0 Å². The molecule has 0 amide bonds. The number of rotatable bonds is 11. The largest absolute Gasteiger partial charge is 0.493 e. The van der Waals surface area contributed by atoms with Crippen molar-refractivity contribution in [3.8, 4) is 34.5 Å². The number of nitrogens with zero attached hydrogens (tertiary/aromatic N) is 1. The summed E-state index contributed by atoms with van der Waals surface area (Å²) in [7, 11) is 5.38. The first-order valence-corrected chi connectivity index (χ1v) is 14.4. The van der Waals surface area contributed by atoms with Crippen molar-refractivity contribution in [3.63, 3.8) is 0 Å². The lowest BCUT2D eigenvalue weighted by Crippen LogP contribution is -2.23. The molecule has 1 N–H and O–H groups in total. The number of hydrogen-bond donors (Lipinski definition) is 1. The molecule has 1 fully saturated rings. The Morgan fingerprint density at radius 3 is 1.39 bits per heavy atom. The third-order valence-electron chi connectivity index (χ3n) is 7.26. The quantitative estimate of drug-likeness (QED) is 0.312. The lowest BCUT2D eigenvalue weighted by molar-refractivity contribution is 0.323. The number of nitrogens with one attached hydrogen (secondary N) is 1. The first-order valence-electron chi connectivity index (χ1n) is 13.0. The Morgan fingerprint density at radius 1 is 0.659 bits per heavy atom. The average Bonchev–Trinajstić information content (AvgIpc) is 3.42. The summed E-state index contributed by atoms with van der Waals surface area (Å²) in [4.78, 5) is 2.61. The normalized spacial score (nSPS) is 16.6. The van der Waals surface area contributed by atoms with Gasteiger partial charge < -0.3 is 28.4 Å². The SMILES string of the molecule is COc1cc(C2CCC(c3cc(OC)c(OC)c(OC)c3)C2=NNS(=O)(=O)c2ccc(C)cc2)cc(OC)c1OC. The van der Waals surface area contributed by atoms with Gasteiger partial charge in [0.1, 0.15) is 0 Å². The minimum Gasteiger partial charge on any atom is -0.493 e. The van der Waals surface area contributed by atoms with Crippen LogP contribution in [-0.2, 0) is 10.0 Å². The van der Waals surface area contributed by atoms with Gasteiger partial charge in [0.2, 0.25) is 11.5 Å². The van der Waals surface area contributed by atoms with E-state index in [0.717, 1.165) is 16.7 Å². The number of benzene rings is 3. The Morgan fingerprint density at radius 2 is 1.05 bits per heavy atom. The van der Waals surface area contributed by atoms with Crippen LogP contribution in [-0.4, -0.2) is 56.8 Å². The first-order chi connectivity index (χ1) is 19.7. The number of aryl methyl sites for hydroxylation is 1. The Labute approximate surface area is 241 Å². The van der Waals surface area contributed by atoms with Gasteiger partial charge in [-0.05, 0) is 67.3 Å². The van der Waals surface area contributed by atoms with Crippen LogP contribution in [0.1, 0.15) is 41.4 Å². The number of hydrogen-bond acceptors (Lipinski definition) is 9. The molecule has 0 aliphatic heterocycles. The topological polar surface area (TPSA) is 114 Å². The summed E-state index contributed by atoms with van der Waals surface area (Å²) in [6, 6.07) is 14.1. The fourth-order valence-electron chi connectivity index (χ4n) is 5.19. The lowest BCUT2D eigenvalue weighted by atomic mass is 9.90. The zero-order valence-corrected chi connectivity index (χ0v) is 25.1. The summed E-state index contributed by atoms with van der Waals surface area (Å²) in [5.74, 6) is 2.42. The number of sulfonamides is 1. The summed E-state index contributed by atoms with van der Waals surface area (Å²) in [5, 5.41) is 4.57. The molecule has 0 saturated heterocycles. The van der Waals surface area contributed by atoms with Gasteiger partial charge in [0, 0.05) is 11.8 Å². The molecule has 4 rings (SSSR count). The Balaban J connectivity index is 1.85. The van der Waals surface area contributed by atoms with E-state index in [0.29, 0.717) is 53.1 Å². The highest BCUT2D eigenvalue weighted by Gasteiger charge is 2.37. The van der Waals surface area contributed by atoms with Gasteiger partial charge in [0.25, 0.3) is 10.0 Å². The smallest absolute Gasteiger partial charge is 0.276 e. The minimum atomic E-state index is -3.92.